The molecular weight excluding hydrogens is 391 g/mol. The van der Waals surface area contributed by atoms with Gasteiger partial charge < -0.3 is 4.74 Å². The monoisotopic (exact) mass is 404 g/mol. The summed E-state index contributed by atoms with van der Waals surface area (Å²) in [5, 5.41) is 5.87. The zero-order chi connectivity index (χ0) is 18.4. The molecule has 3 rings (SSSR count). The molecule has 0 amide bonds. The van der Waals surface area contributed by atoms with Crippen molar-refractivity contribution in [2.75, 3.05) is 5.43 Å². The van der Waals surface area contributed by atoms with Crippen molar-refractivity contribution in [3.63, 3.8) is 0 Å². The predicted octanol–water partition coefficient (Wildman–Crippen LogP) is 6.67. The highest BCUT2D eigenvalue weighted by Crippen LogP contribution is 2.25. The molecule has 26 heavy (non-hydrogen) atoms. The van der Waals surface area contributed by atoms with E-state index in [1.807, 2.05) is 48.5 Å². The van der Waals surface area contributed by atoms with Gasteiger partial charge in [-0.25, -0.2) is 0 Å². The summed E-state index contributed by atoms with van der Waals surface area (Å²) < 4.78 is 5.75. The SMILES string of the molecule is Clc1cccc(COc2ccc(C=NNc3ccc(Cl)c(Cl)c3)cc2)c1. The van der Waals surface area contributed by atoms with Gasteiger partial charge in [0.15, 0.2) is 0 Å². The molecule has 0 spiro atoms. The average molecular weight is 406 g/mol. The molecule has 0 aliphatic heterocycles. The van der Waals surface area contributed by atoms with Gasteiger partial charge in [-0.3, -0.25) is 5.43 Å². The average Bonchev–Trinajstić information content (AvgIpc) is 2.64. The van der Waals surface area contributed by atoms with E-state index >= 15 is 0 Å². The lowest BCUT2D eigenvalue weighted by Gasteiger charge is -2.07. The van der Waals surface area contributed by atoms with E-state index in [0.717, 1.165) is 22.6 Å². The third kappa shape index (κ3) is 5.40. The Labute approximate surface area is 167 Å². The molecular formula is C20H15Cl3N2O. The first-order valence-electron chi connectivity index (χ1n) is 7.81. The van der Waals surface area contributed by atoms with E-state index in [2.05, 4.69) is 10.5 Å². The van der Waals surface area contributed by atoms with Gasteiger partial charge in [0.05, 0.1) is 21.9 Å². The Morgan fingerprint density at radius 3 is 2.42 bits per heavy atom. The predicted molar refractivity (Wildman–Crippen MR) is 110 cm³/mol. The lowest BCUT2D eigenvalue weighted by Crippen LogP contribution is -1.95. The smallest absolute Gasteiger partial charge is 0.119 e. The van der Waals surface area contributed by atoms with Crippen molar-refractivity contribution >= 4 is 46.7 Å². The minimum atomic E-state index is 0.465. The van der Waals surface area contributed by atoms with Crippen LogP contribution in [-0.2, 0) is 6.61 Å². The number of halogens is 3. The summed E-state index contributed by atoms with van der Waals surface area (Å²) in [6.45, 7) is 0.465. The molecule has 0 unspecified atom stereocenters. The van der Waals surface area contributed by atoms with E-state index in [9.17, 15) is 0 Å². The van der Waals surface area contributed by atoms with Crippen molar-refractivity contribution in [1.82, 2.24) is 0 Å². The second kappa shape index (κ2) is 8.95. The molecule has 6 heteroatoms. The third-order valence-electron chi connectivity index (χ3n) is 3.50. The normalized spacial score (nSPS) is 10.9. The van der Waals surface area contributed by atoms with E-state index < -0.39 is 0 Å². The van der Waals surface area contributed by atoms with Crippen LogP contribution in [0.2, 0.25) is 15.1 Å². The Morgan fingerprint density at radius 1 is 0.885 bits per heavy atom. The van der Waals surface area contributed by atoms with Gasteiger partial charge in [0.1, 0.15) is 12.4 Å². The molecule has 0 saturated carbocycles. The van der Waals surface area contributed by atoms with Crippen LogP contribution in [0.1, 0.15) is 11.1 Å². The molecule has 0 fully saturated rings. The molecule has 0 aliphatic rings. The van der Waals surface area contributed by atoms with Crippen molar-refractivity contribution in [2.45, 2.75) is 6.61 Å². The summed E-state index contributed by atoms with van der Waals surface area (Å²) in [4.78, 5) is 0. The quantitative estimate of drug-likeness (QED) is 0.367. The van der Waals surface area contributed by atoms with Crippen molar-refractivity contribution < 1.29 is 4.74 Å². The maximum Gasteiger partial charge on any atom is 0.119 e. The summed E-state index contributed by atoms with van der Waals surface area (Å²) in [5.74, 6) is 0.777. The van der Waals surface area contributed by atoms with Crippen LogP contribution >= 0.6 is 34.8 Å². The molecule has 0 bridgehead atoms. The highest BCUT2D eigenvalue weighted by Gasteiger charge is 1.99. The lowest BCUT2D eigenvalue weighted by atomic mass is 10.2. The highest BCUT2D eigenvalue weighted by molar-refractivity contribution is 6.42. The van der Waals surface area contributed by atoms with E-state index in [0.29, 0.717) is 21.7 Å². The molecule has 0 atom stereocenters. The minimum absolute atomic E-state index is 0.465. The Balaban J connectivity index is 1.54. The zero-order valence-electron chi connectivity index (χ0n) is 13.6. The molecule has 0 heterocycles. The third-order valence-corrected chi connectivity index (χ3v) is 4.48. The van der Waals surface area contributed by atoms with Crippen LogP contribution in [0.5, 0.6) is 5.75 Å². The molecule has 0 radical (unpaired) electrons. The van der Waals surface area contributed by atoms with E-state index in [-0.39, 0.29) is 0 Å². The summed E-state index contributed by atoms with van der Waals surface area (Å²) >= 11 is 17.8. The van der Waals surface area contributed by atoms with Gasteiger partial charge in [-0.05, 0) is 65.7 Å². The maximum absolute atomic E-state index is 5.97. The number of hydrazone groups is 1. The number of anilines is 1. The van der Waals surface area contributed by atoms with Gasteiger partial charge >= 0.3 is 0 Å². The second-order valence-corrected chi connectivity index (χ2v) is 6.74. The van der Waals surface area contributed by atoms with Crippen molar-refractivity contribution in [1.29, 1.82) is 0 Å². The van der Waals surface area contributed by atoms with Crippen LogP contribution in [0, 0.1) is 0 Å². The van der Waals surface area contributed by atoms with E-state index in [1.54, 1.807) is 24.4 Å². The number of hydrogen-bond donors (Lipinski definition) is 1. The van der Waals surface area contributed by atoms with Gasteiger partial charge in [-0.2, -0.15) is 5.10 Å². The molecule has 0 aromatic heterocycles. The number of nitrogens with zero attached hydrogens (tertiary/aromatic N) is 1. The second-order valence-electron chi connectivity index (χ2n) is 5.49. The summed E-state index contributed by atoms with van der Waals surface area (Å²) in [6, 6.07) is 20.5. The Kier molecular flexibility index (Phi) is 6.40. The first kappa shape index (κ1) is 18.6. The molecule has 3 nitrogen and oxygen atoms in total. The van der Waals surface area contributed by atoms with Gasteiger partial charge in [0.25, 0.3) is 0 Å². The summed E-state index contributed by atoms with van der Waals surface area (Å²) in [6.07, 6.45) is 1.71. The Hall–Kier alpha value is -2.20. The van der Waals surface area contributed by atoms with Crippen LogP contribution in [0.25, 0.3) is 0 Å². The fourth-order valence-corrected chi connectivity index (χ4v) is 2.70. The Morgan fingerprint density at radius 2 is 1.69 bits per heavy atom. The molecule has 0 aliphatic carbocycles. The molecule has 132 valence electrons. The van der Waals surface area contributed by atoms with Crippen LogP contribution in [0.3, 0.4) is 0 Å². The first-order chi connectivity index (χ1) is 12.6. The van der Waals surface area contributed by atoms with Gasteiger partial charge in [0, 0.05) is 5.02 Å². The van der Waals surface area contributed by atoms with Crippen LogP contribution in [0.4, 0.5) is 5.69 Å². The first-order valence-corrected chi connectivity index (χ1v) is 8.95. The standard InChI is InChI=1S/C20H15Cl3N2O/c21-16-3-1-2-15(10-16)13-26-18-7-4-14(5-8-18)12-24-25-17-6-9-19(22)20(23)11-17/h1-12,25H,13H2. The zero-order valence-corrected chi connectivity index (χ0v) is 15.9. The van der Waals surface area contributed by atoms with Crippen LogP contribution < -0.4 is 10.2 Å². The van der Waals surface area contributed by atoms with Crippen molar-refractivity contribution in [2.24, 2.45) is 5.10 Å². The topological polar surface area (TPSA) is 33.6 Å². The molecule has 1 N–H and O–H groups in total. The van der Waals surface area contributed by atoms with Crippen molar-refractivity contribution in [3.8, 4) is 5.75 Å². The highest BCUT2D eigenvalue weighted by atomic mass is 35.5. The molecule has 0 saturated heterocycles. The van der Waals surface area contributed by atoms with Crippen LogP contribution in [-0.4, -0.2) is 6.21 Å². The van der Waals surface area contributed by atoms with Gasteiger partial charge in [-0.15, -0.1) is 0 Å². The number of rotatable bonds is 6. The number of benzene rings is 3. The van der Waals surface area contributed by atoms with E-state index in [1.165, 1.54) is 0 Å². The lowest BCUT2D eigenvalue weighted by molar-refractivity contribution is 0.306. The number of ether oxygens (including phenoxy) is 1. The fraction of sp³-hybridized carbons (Fsp3) is 0.0500. The molecule has 3 aromatic rings. The number of hydrogen-bond acceptors (Lipinski definition) is 3. The maximum atomic E-state index is 5.97. The Bertz CT molecular complexity index is 911. The van der Waals surface area contributed by atoms with Gasteiger partial charge in [-0.1, -0.05) is 46.9 Å². The van der Waals surface area contributed by atoms with Gasteiger partial charge in [0.2, 0.25) is 0 Å². The molecule has 3 aromatic carbocycles. The largest absolute Gasteiger partial charge is 0.489 e. The fourth-order valence-electron chi connectivity index (χ4n) is 2.19. The minimum Gasteiger partial charge on any atom is -0.489 e. The summed E-state index contributed by atoms with van der Waals surface area (Å²) in [5.41, 5.74) is 5.63. The van der Waals surface area contributed by atoms with E-state index in [4.69, 9.17) is 39.5 Å². The van der Waals surface area contributed by atoms with Crippen LogP contribution in [0.15, 0.2) is 71.8 Å². The summed E-state index contributed by atoms with van der Waals surface area (Å²) in [7, 11) is 0. The number of nitrogens with one attached hydrogen (secondary N) is 1. The van der Waals surface area contributed by atoms with Crippen molar-refractivity contribution in [3.05, 3.63) is 92.9 Å².